The molecule has 0 aliphatic carbocycles. The van der Waals surface area contributed by atoms with E-state index >= 15 is 0 Å². The summed E-state index contributed by atoms with van der Waals surface area (Å²) in [5.74, 6) is 0.903. The van der Waals surface area contributed by atoms with E-state index in [9.17, 15) is 9.59 Å². The Labute approximate surface area is 155 Å². The molecule has 0 unspecified atom stereocenters. The van der Waals surface area contributed by atoms with Gasteiger partial charge in [-0.1, -0.05) is 12.1 Å². The maximum absolute atomic E-state index is 12.2. The van der Waals surface area contributed by atoms with Crippen LogP contribution >= 0.6 is 0 Å². The normalized spacial score (nSPS) is 10.4. The monoisotopic (exact) mass is 368 g/mol. The summed E-state index contributed by atoms with van der Waals surface area (Å²) >= 11 is 0. The summed E-state index contributed by atoms with van der Waals surface area (Å²) in [6.45, 7) is 0. The van der Waals surface area contributed by atoms with Crippen molar-refractivity contribution in [2.45, 2.75) is 12.8 Å². The molecule has 0 spiro atoms. The van der Waals surface area contributed by atoms with Crippen molar-refractivity contribution in [2.75, 3.05) is 14.2 Å². The molecule has 3 aromatic rings. The molecule has 0 aliphatic heterocycles. The third kappa shape index (κ3) is 4.35. The van der Waals surface area contributed by atoms with Crippen LogP contribution in [0.25, 0.3) is 11.0 Å². The van der Waals surface area contributed by atoms with Crippen molar-refractivity contribution in [1.29, 1.82) is 0 Å². The van der Waals surface area contributed by atoms with Crippen molar-refractivity contribution in [3.63, 3.8) is 0 Å². The van der Waals surface area contributed by atoms with Crippen LogP contribution in [0.2, 0.25) is 0 Å². The number of carbonyl (C=O) groups excluding carboxylic acids is 2. The van der Waals surface area contributed by atoms with E-state index < -0.39 is 5.91 Å². The van der Waals surface area contributed by atoms with E-state index in [4.69, 9.17) is 9.47 Å². The molecule has 27 heavy (non-hydrogen) atoms. The van der Waals surface area contributed by atoms with Gasteiger partial charge in [-0.25, -0.2) is 4.98 Å². The zero-order valence-electron chi connectivity index (χ0n) is 15.0. The molecule has 0 aliphatic rings. The Morgan fingerprint density at radius 1 is 1.04 bits per heavy atom. The fourth-order valence-corrected chi connectivity index (χ4v) is 2.59. The van der Waals surface area contributed by atoms with Crippen LogP contribution in [0.3, 0.4) is 0 Å². The first-order valence-corrected chi connectivity index (χ1v) is 8.35. The Kier molecular flexibility index (Phi) is 5.55. The van der Waals surface area contributed by atoms with Gasteiger partial charge in [0.05, 0.1) is 25.3 Å². The number of para-hydroxylation sites is 2. The van der Waals surface area contributed by atoms with Crippen molar-refractivity contribution in [2.24, 2.45) is 0 Å². The van der Waals surface area contributed by atoms with Crippen molar-refractivity contribution in [1.82, 2.24) is 20.8 Å². The number of hydrazine groups is 1. The summed E-state index contributed by atoms with van der Waals surface area (Å²) in [5.41, 5.74) is 6.90. The number of aromatic amines is 1. The lowest BCUT2D eigenvalue weighted by Gasteiger charge is -2.10. The van der Waals surface area contributed by atoms with E-state index in [2.05, 4.69) is 20.8 Å². The fourth-order valence-electron chi connectivity index (χ4n) is 2.59. The minimum absolute atomic E-state index is 0.187. The Bertz CT molecular complexity index is 934. The highest BCUT2D eigenvalue weighted by Gasteiger charge is 2.12. The number of aromatic nitrogens is 2. The van der Waals surface area contributed by atoms with Gasteiger partial charge in [-0.2, -0.15) is 0 Å². The van der Waals surface area contributed by atoms with Crippen molar-refractivity contribution >= 4 is 22.8 Å². The third-order valence-electron chi connectivity index (χ3n) is 3.99. The molecular weight excluding hydrogens is 348 g/mol. The zero-order valence-corrected chi connectivity index (χ0v) is 15.0. The Hall–Kier alpha value is -3.55. The molecule has 2 amide bonds. The van der Waals surface area contributed by atoms with Gasteiger partial charge < -0.3 is 14.5 Å². The van der Waals surface area contributed by atoms with Gasteiger partial charge in [0.15, 0.2) is 11.5 Å². The van der Waals surface area contributed by atoms with Crippen LogP contribution in [0.5, 0.6) is 11.5 Å². The zero-order chi connectivity index (χ0) is 19.2. The predicted octanol–water partition coefficient (Wildman–Crippen LogP) is 1.97. The summed E-state index contributed by atoms with van der Waals surface area (Å²) in [7, 11) is 3.00. The number of methoxy groups -OCH3 is 2. The number of hydrogen-bond acceptors (Lipinski definition) is 5. The number of imidazole rings is 1. The molecule has 2 aromatic carbocycles. The van der Waals surface area contributed by atoms with E-state index in [1.807, 2.05) is 24.3 Å². The Morgan fingerprint density at radius 2 is 1.81 bits per heavy atom. The standard InChI is InChI=1S/C19H20N4O4/c1-26-15-8-7-12(11-16(15)27-2)19(25)23-22-18(24)10-9-17-20-13-5-3-4-6-14(13)21-17/h3-8,11H,9-10H2,1-2H3,(H,20,21)(H,22,24)(H,23,25). The van der Waals surface area contributed by atoms with E-state index in [1.165, 1.54) is 20.3 Å². The minimum Gasteiger partial charge on any atom is -0.493 e. The number of H-pyrrole nitrogens is 1. The van der Waals surface area contributed by atoms with Gasteiger partial charge in [0.2, 0.25) is 5.91 Å². The molecule has 0 radical (unpaired) electrons. The largest absolute Gasteiger partial charge is 0.493 e. The molecule has 8 heteroatoms. The summed E-state index contributed by atoms with van der Waals surface area (Å²) in [6, 6.07) is 12.4. The minimum atomic E-state index is -0.451. The van der Waals surface area contributed by atoms with Gasteiger partial charge in [0.25, 0.3) is 5.91 Å². The van der Waals surface area contributed by atoms with E-state index in [0.29, 0.717) is 23.5 Å². The molecule has 0 bridgehead atoms. The average molecular weight is 368 g/mol. The summed E-state index contributed by atoms with van der Waals surface area (Å²) in [6.07, 6.45) is 0.624. The maximum atomic E-state index is 12.2. The maximum Gasteiger partial charge on any atom is 0.269 e. The first-order chi connectivity index (χ1) is 13.1. The quantitative estimate of drug-likeness (QED) is 0.577. The van der Waals surface area contributed by atoms with Crippen molar-refractivity contribution in [3.05, 3.63) is 53.9 Å². The summed E-state index contributed by atoms with van der Waals surface area (Å²) < 4.78 is 10.3. The molecule has 1 heterocycles. The van der Waals surface area contributed by atoms with Gasteiger partial charge >= 0.3 is 0 Å². The summed E-state index contributed by atoms with van der Waals surface area (Å²) in [4.78, 5) is 31.7. The van der Waals surface area contributed by atoms with Gasteiger partial charge in [0.1, 0.15) is 5.82 Å². The molecule has 3 N–H and O–H groups in total. The molecule has 8 nitrogen and oxygen atoms in total. The first-order valence-electron chi connectivity index (χ1n) is 8.35. The molecule has 0 saturated heterocycles. The number of aryl methyl sites for hydroxylation is 1. The second-order valence-electron chi connectivity index (χ2n) is 5.77. The Balaban J connectivity index is 1.51. The topological polar surface area (TPSA) is 105 Å². The molecule has 0 atom stereocenters. The second-order valence-corrected chi connectivity index (χ2v) is 5.77. The van der Waals surface area contributed by atoms with Gasteiger partial charge in [-0.3, -0.25) is 20.4 Å². The number of fused-ring (bicyclic) bond motifs is 1. The van der Waals surface area contributed by atoms with Crippen LogP contribution in [-0.4, -0.2) is 36.0 Å². The highest BCUT2D eigenvalue weighted by Crippen LogP contribution is 2.27. The smallest absolute Gasteiger partial charge is 0.269 e. The van der Waals surface area contributed by atoms with Gasteiger partial charge in [-0.15, -0.1) is 0 Å². The van der Waals surface area contributed by atoms with E-state index in [1.54, 1.807) is 12.1 Å². The fraction of sp³-hybridized carbons (Fsp3) is 0.211. The lowest BCUT2D eigenvalue weighted by atomic mass is 10.2. The lowest BCUT2D eigenvalue weighted by molar-refractivity contribution is -0.121. The number of ether oxygens (including phenoxy) is 2. The number of nitrogens with zero attached hydrogens (tertiary/aromatic N) is 1. The highest BCUT2D eigenvalue weighted by molar-refractivity contribution is 5.96. The van der Waals surface area contributed by atoms with Crippen LogP contribution < -0.4 is 20.3 Å². The van der Waals surface area contributed by atoms with Crippen LogP contribution in [0.15, 0.2) is 42.5 Å². The molecule has 3 rings (SSSR count). The third-order valence-corrected chi connectivity index (χ3v) is 3.99. The highest BCUT2D eigenvalue weighted by atomic mass is 16.5. The number of benzene rings is 2. The summed E-state index contributed by atoms with van der Waals surface area (Å²) in [5, 5.41) is 0. The Morgan fingerprint density at radius 3 is 2.56 bits per heavy atom. The van der Waals surface area contributed by atoms with E-state index in [-0.39, 0.29) is 12.3 Å². The SMILES string of the molecule is COc1ccc(C(=O)NNC(=O)CCc2nc3ccccc3[nH]2)cc1OC. The predicted molar refractivity (Wildman–Crippen MR) is 99.6 cm³/mol. The molecule has 0 fully saturated rings. The first kappa shape index (κ1) is 18.2. The second kappa shape index (κ2) is 8.22. The van der Waals surface area contributed by atoms with Crippen molar-refractivity contribution < 1.29 is 19.1 Å². The van der Waals surface area contributed by atoms with Crippen LogP contribution in [0.4, 0.5) is 0 Å². The van der Waals surface area contributed by atoms with Crippen LogP contribution in [0, 0.1) is 0 Å². The molecule has 0 saturated carbocycles. The number of rotatable bonds is 6. The number of carbonyl (C=O) groups is 2. The van der Waals surface area contributed by atoms with Crippen LogP contribution in [0.1, 0.15) is 22.6 Å². The number of amides is 2. The molecular formula is C19H20N4O4. The average Bonchev–Trinajstić information content (AvgIpc) is 3.12. The van der Waals surface area contributed by atoms with E-state index in [0.717, 1.165) is 16.9 Å². The number of nitrogens with one attached hydrogen (secondary N) is 3. The van der Waals surface area contributed by atoms with Gasteiger partial charge in [-0.05, 0) is 30.3 Å². The van der Waals surface area contributed by atoms with Crippen molar-refractivity contribution in [3.8, 4) is 11.5 Å². The van der Waals surface area contributed by atoms with Crippen LogP contribution in [-0.2, 0) is 11.2 Å². The van der Waals surface area contributed by atoms with Gasteiger partial charge in [0, 0.05) is 18.4 Å². The lowest BCUT2D eigenvalue weighted by Crippen LogP contribution is -2.41. The number of hydrogen-bond donors (Lipinski definition) is 3. The molecule has 140 valence electrons. The molecule has 1 aromatic heterocycles.